The van der Waals surface area contributed by atoms with Crippen molar-refractivity contribution in [2.24, 2.45) is 0 Å². The highest BCUT2D eigenvalue weighted by Gasteiger charge is 2.14. The Bertz CT molecular complexity index is 667. The van der Waals surface area contributed by atoms with Gasteiger partial charge >= 0.3 is 0 Å². The molecule has 0 atom stereocenters. The molecule has 3 rings (SSSR count). The summed E-state index contributed by atoms with van der Waals surface area (Å²) in [7, 11) is 0. The van der Waals surface area contributed by atoms with Gasteiger partial charge in [0.2, 0.25) is 0 Å². The average molecular weight is 433 g/mol. The highest BCUT2D eigenvalue weighted by molar-refractivity contribution is 9.13. The van der Waals surface area contributed by atoms with Crippen molar-refractivity contribution < 1.29 is 14.3 Å². The number of rotatable bonds is 3. The van der Waals surface area contributed by atoms with Gasteiger partial charge in [-0.05, 0) is 55.6 Å². The predicted octanol–water partition coefficient (Wildman–Crippen LogP) is 3.97. The first-order valence-electron chi connectivity index (χ1n) is 6.25. The highest BCUT2D eigenvalue weighted by atomic mass is 79.9. The third-order valence-corrected chi connectivity index (χ3v) is 6.18. The van der Waals surface area contributed by atoms with E-state index in [1.807, 2.05) is 18.2 Å². The van der Waals surface area contributed by atoms with Crippen LogP contribution in [-0.4, -0.2) is 19.1 Å². The zero-order valence-corrected chi connectivity index (χ0v) is 14.8. The topological polar surface area (TPSA) is 47.6 Å². The summed E-state index contributed by atoms with van der Waals surface area (Å²) in [6.07, 6.45) is 0. The normalized spacial score (nSPS) is 13.0. The first-order valence-corrected chi connectivity index (χ1v) is 8.65. The minimum absolute atomic E-state index is 0.0960. The van der Waals surface area contributed by atoms with Crippen molar-refractivity contribution >= 4 is 49.1 Å². The second-order valence-electron chi connectivity index (χ2n) is 4.39. The molecule has 21 heavy (non-hydrogen) atoms. The van der Waals surface area contributed by atoms with Crippen LogP contribution < -0.4 is 14.8 Å². The lowest BCUT2D eigenvalue weighted by molar-refractivity contribution is 0.0955. The molecule has 1 aromatic heterocycles. The van der Waals surface area contributed by atoms with E-state index in [1.165, 1.54) is 11.3 Å². The fourth-order valence-corrected chi connectivity index (χ4v) is 3.88. The zero-order valence-electron chi connectivity index (χ0n) is 10.8. The van der Waals surface area contributed by atoms with Gasteiger partial charge in [-0.25, -0.2) is 0 Å². The van der Waals surface area contributed by atoms with Gasteiger partial charge in [0, 0.05) is 11.0 Å². The number of halogens is 2. The quantitative estimate of drug-likeness (QED) is 0.797. The maximum Gasteiger partial charge on any atom is 0.261 e. The van der Waals surface area contributed by atoms with Gasteiger partial charge in [0.25, 0.3) is 5.91 Å². The van der Waals surface area contributed by atoms with E-state index in [4.69, 9.17) is 9.47 Å². The van der Waals surface area contributed by atoms with Gasteiger partial charge < -0.3 is 14.8 Å². The fourth-order valence-electron chi connectivity index (χ4n) is 1.93. The lowest BCUT2D eigenvalue weighted by atomic mass is 10.2. The van der Waals surface area contributed by atoms with Crippen LogP contribution in [0.5, 0.6) is 11.5 Å². The third-order valence-electron chi connectivity index (χ3n) is 2.93. The van der Waals surface area contributed by atoms with Crippen molar-refractivity contribution in [1.29, 1.82) is 0 Å². The standard InChI is InChI=1S/C14H11Br2NO3S/c15-9-6-12(21-13(9)16)14(18)17-7-8-1-2-10-11(5-8)20-4-3-19-10/h1-2,5-6H,3-4,7H2,(H,17,18). The predicted molar refractivity (Wildman–Crippen MR) is 88.3 cm³/mol. The smallest absolute Gasteiger partial charge is 0.261 e. The van der Waals surface area contributed by atoms with Crippen molar-refractivity contribution in [1.82, 2.24) is 5.32 Å². The number of hydrogen-bond donors (Lipinski definition) is 1. The summed E-state index contributed by atoms with van der Waals surface area (Å²) in [4.78, 5) is 12.7. The lowest BCUT2D eigenvalue weighted by Gasteiger charge is -2.18. The SMILES string of the molecule is O=C(NCc1ccc2c(c1)OCCO2)c1cc(Br)c(Br)s1. The van der Waals surface area contributed by atoms with Crippen LogP contribution in [0.4, 0.5) is 0 Å². The number of nitrogens with one attached hydrogen (secondary N) is 1. The van der Waals surface area contributed by atoms with Crippen molar-refractivity contribution in [3.8, 4) is 11.5 Å². The molecule has 2 heterocycles. The number of benzene rings is 1. The van der Waals surface area contributed by atoms with E-state index in [-0.39, 0.29) is 5.91 Å². The van der Waals surface area contributed by atoms with Crippen LogP contribution in [0.1, 0.15) is 15.2 Å². The fraction of sp³-hybridized carbons (Fsp3) is 0.214. The number of carbonyl (C=O) groups is 1. The molecule has 7 heteroatoms. The molecule has 0 bridgehead atoms. The van der Waals surface area contributed by atoms with Crippen molar-refractivity contribution in [2.45, 2.75) is 6.54 Å². The molecular weight excluding hydrogens is 422 g/mol. The van der Waals surface area contributed by atoms with Crippen LogP contribution in [0.3, 0.4) is 0 Å². The molecule has 1 N–H and O–H groups in total. The molecule has 0 saturated carbocycles. The Labute approximate surface area is 142 Å². The maximum absolute atomic E-state index is 12.1. The van der Waals surface area contributed by atoms with Gasteiger partial charge in [-0.3, -0.25) is 4.79 Å². The Morgan fingerprint density at radius 2 is 1.95 bits per heavy atom. The summed E-state index contributed by atoms with van der Waals surface area (Å²) in [6, 6.07) is 7.49. The zero-order chi connectivity index (χ0) is 14.8. The van der Waals surface area contributed by atoms with E-state index in [0.29, 0.717) is 24.6 Å². The van der Waals surface area contributed by atoms with Gasteiger partial charge in [0.1, 0.15) is 13.2 Å². The van der Waals surface area contributed by atoms with Crippen molar-refractivity contribution in [2.75, 3.05) is 13.2 Å². The molecule has 1 amide bonds. The summed E-state index contributed by atoms with van der Waals surface area (Å²) in [5.41, 5.74) is 0.974. The Kier molecular flexibility index (Phi) is 4.51. The lowest BCUT2D eigenvalue weighted by Crippen LogP contribution is -2.22. The molecule has 1 aliphatic heterocycles. The van der Waals surface area contributed by atoms with E-state index in [2.05, 4.69) is 37.2 Å². The molecule has 0 unspecified atom stereocenters. The molecule has 1 aromatic carbocycles. The second-order valence-corrected chi connectivity index (χ2v) is 7.62. The Morgan fingerprint density at radius 1 is 1.19 bits per heavy atom. The van der Waals surface area contributed by atoms with Gasteiger partial charge in [-0.1, -0.05) is 6.07 Å². The van der Waals surface area contributed by atoms with E-state index in [0.717, 1.165) is 25.3 Å². The van der Waals surface area contributed by atoms with Crippen LogP contribution in [0.15, 0.2) is 32.5 Å². The number of thiophene rings is 1. The van der Waals surface area contributed by atoms with Crippen LogP contribution in [0, 0.1) is 0 Å². The molecule has 0 radical (unpaired) electrons. The van der Waals surface area contributed by atoms with E-state index in [9.17, 15) is 4.79 Å². The minimum atomic E-state index is -0.0960. The Morgan fingerprint density at radius 3 is 2.67 bits per heavy atom. The molecule has 4 nitrogen and oxygen atoms in total. The van der Waals surface area contributed by atoms with Gasteiger partial charge in [-0.15, -0.1) is 11.3 Å². The summed E-state index contributed by atoms with van der Waals surface area (Å²) in [5.74, 6) is 1.39. The Balaban J connectivity index is 1.66. The average Bonchev–Trinajstić information content (AvgIpc) is 2.84. The van der Waals surface area contributed by atoms with Crippen molar-refractivity contribution in [3.05, 3.63) is 43.0 Å². The first kappa shape index (κ1) is 14.9. The first-order chi connectivity index (χ1) is 10.1. The molecule has 0 fully saturated rings. The maximum atomic E-state index is 12.1. The molecule has 2 aromatic rings. The van der Waals surface area contributed by atoms with Gasteiger partial charge in [0.15, 0.2) is 11.5 Å². The van der Waals surface area contributed by atoms with E-state index < -0.39 is 0 Å². The minimum Gasteiger partial charge on any atom is -0.486 e. The van der Waals surface area contributed by atoms with Gasteiger partial charge in [0.05, 0.1) is 8.66 Å². The third kappa shape index (κ3) is 3.41. The van der Waals surface area contributed by atoms with Crippen molar-refractivity contribution in [3.63, 3.8) is 0 Å². The number of hydrogen-bond acceptors (Lipinski definition) is 4. The molecule has 1 aliphatic rings. The summed E-state index contributed by atoms with van der Waals surface area (Å²) >= 11 is 8.15. The summed E-state index contributed by atoms with van der Waals surface area (Å²) < 4.78 is 12.8. The summed E-state index contributed by atoms with van der Waals surface area (Å²) in [6.45, 7) is 1.58. The summed E-state index contributed by atoms with van der Waals surface area (Å²) in [5, 5.41) is 2.90. The molecule has 0 aliphatic carbocycles. The number of ether oxygens (including phenoxy) is 2. The van der Waals surface area contributed by atoms with Crippen LogP contribution in [-0.2, 0) is 6.54 Å². The largest absolute Gasteiger partial charge is 0.486 e. The van der Waals surface area contributed by atoms with E-state index in [1.54, 1.807) is 6.07 Å². The molecule has 0 saturated heterocycles. The Hall–Kier alpha value is -1.05. The highest BCUT2D eigenvalue weighted by Crippen LogP contribution is 2.33. The number of fused-ring (bicyclic) bond motifs is 1. The second kappa shape index (κ2) is 6.37. The monoisotopic (exact) mass is 431 g/mol. The van der Waals surface area contributed by atoms with E-state index >= 15 is 0 Å². The number of amides is 1. The van der Waals surface area contributed by atoms with Crippen LogP contribution in [0.2, 0.25) is 0 Å². The molecule has 0 spiro atoms. The van der Waals surface area contributed by atoms with Crippen LogP contribution in [0.25, 0.3) is 0 Å². The van der Waals surface area contributed by atoms with Crippen LogP contribution >= 0.6 is 43.2 Å². The number of carbonyl (C=O) groups excluding carboxylic acids is 1. The molecular formula is C14H11Br2NO3S. The molecule has 110 valence electrons. The van der Waals surface area contributed by atoms with Gasteiger partial charge in [-0.2, -0.15) is 0 Å².